The van der Waals surface area contributed by atoms with Crippen LogP contribution in [-0.2, 0) is 19.1 Å². The van der Waals surface area contributed by atoms with Gasteiger partial charge in [0.25, 0.3) is 5.91 Å². The molecule has 8 nitrogen and oxygen atoms in total. The van der Waals surface area contributed by atoms with Gasteiger partial charge in [0.15, 0.2) is 6.61 Å². The van der Waals surface area contributed by atoms with Gasteiger partial charge in [-0.3, -0.25) is 19.3 Å². The summed E-state index contributed by atoms with van der Waals surface area (Å²) in [5.41, 5.74) is 0.546. The maximum atomic E-state index is 12.8. The van der Waals surface area contributed by atoms with E-state index in [1.54, 1.807) is 24.3 Å². The van der Waals surface area contributed by atoms with Crippen LogP contribution >= 0.6 is 0 Å². The molecular weight excluding hydrogens is 328 g/mol. The number of methoxy groups -OCH3 is 1. The second kappa shape index (κ2) is 7.10. The zero-order chi connectivity index (χ0) is 18.0. The van der Waals surface area contributed by atoms with Crippen LogP contribution in [0.25, 0.3) is 0 Å². The van der Waals surface area contributed by atoms with Gasteiger partial charge in [0.05, 0.1) is 18.2 Å². The number of carbonyl (C=O) groups excluding carboxylic acids is 2. The number of benzene rings is 1. The van der Waals surface area contributed by atoms with E-state index in [2.05, 4.69) is 0 Å². The van der Waals surface area contributed by atoms with Crippen molar-refractivity contribution >= 4 is 23.5 Å². The number of carboxylic acid groups (broad SMARTS) is 1. The predicted molar refractivity (Wildman–Crippen MR) is 87.5 cm³/mol. The average Bonchev–Trinajstić information content (AvgIpc) is 2.99. The first-order valence-electron chi connectivity index (χ1n) is 8.06. The van der Waals surface area contributed by atoms with Crippen LogP contribution in [0.4, 0.5) is 5.69 Å². The Morgan fingerprint density at radius 2 is 2.12 bits per heavy atom. The quantitative estimate of drug-likeness (QED) is 0.832. The lowest BCUT2D eigenvalue weighted by Crippen LogP contribution is -2.48. The van der Waals surface area contributed by atoms with Crippen LogP contribution in [0.5, 0.6) is 5.75 Å². The molecule has 2 amide bonds. The molecule has 3 rings (SSSR count). The monoisotopic (exact) mass is 348 g/mol. The van der Waals surface area contributed by atoms with E-state index >= 15 is 0 Å². The number of nitrogens with zero attached hydrogens (tertiary/aromatic N) is 2. The molecule has 2 aliphatic heterocycles. The minimum Gasteiger partial charge on any atom is -0.482 e. The molecule has 2 atom stereocenters. The Kier molecular flexibility index (Phi) is 4.89. The molecule has 1 N–H and O–H groups in total. The molecule has 0 saturated carbocycles. The Morgan fingerprint density at radius 3 is 2.84 bits per heavy atom. The summed E-state index contributed by atoms with van der Waals surface area (Å²) in [5.74, 6) is -1.01. The van der Waals surface area contributed by atoms with Crippen molar-refractivity contribution < 1.29 is 29.0 Å². The fraction of sp³-hybridized carbons (Fsp3) is 0.471. The maximum absolute atomic E-state index is 12.8. The van der Waals surface area contributed by atoms with Crippen LogP contribution in [0, 0.1) is 0 Å². The number of hydrogen-bond donors (Lipinski definition) is 1. The number of carboxylic acids is 1. The molecule has 25 heavy (non-hydrogen) atoms. The highest BCUT2D eigenvalue weighted by Gasteiger charge is 2.38. The van der Waals surface area contributed by atoms with Crippen LogP contribution in [0.15, 0.2) is 24.3 Å². The van der Waals surface area contributed by atoms with Gasteiger partial charge in [-0.25, -0.2) is 0 Å². The third-order valence-corrected chi connectivity index (χ3v) is 4.54. The van der Waals surface area contributed by atoms with Crippen molar-refractivity contribution in [2.75, 3.05) is 31.7 Å². The molecule has 0 radical (unpaired) electrons. The number of carbonyl (C=O) groups is 3. The van der Waals surface area contributed by atoms with Gasteiger partial charge in [0.2, 0.25) is 5.91 Å². The number of likely N-dealkylation sites (tertiary alicyclic amines) is 1. The smallest absolute Gasteiger partial charge is 0.305 e. The molecular formula is C17H20N2O6. The lowest BCUT2D eigenvalue weighted by atomic mass is 10.1. The summed E-state index contributed by atoms with van der Waals surface area (Å²) < 4.78 is 10.7. The third kappa shape index (κ3) is 3.58. The van der Waals surface area contributed by atoms with Crippen molar-refractivity contribution in [1.29, 1.82) is 0 Å². The van der Waals surface area contributed by atoms with Gasteiger partial charge < -0.3 is 19.5 Å². The lowest BCUT2D eigenvalue weighted by molar-refractivity contribution is -0.140. The van der Waals surface area contributed by atoms with Gasteiger partial charge in [-0.2, -0.15) is 0 Å². The fourth-order valence-electron chi connectivity index (χ4n) is 3.30. The number of ether oxygens (including phenoxy) is 2. The van der Waals surface area contributed by atoms with Crippen molar-refractivity contribution in [1.82, 2.24) is 4.90 Å². The Balaban J connectivity index is 1.76. The van der Waals surface area contributed by atoms with Crippen molar-refractivity contribution in [3.05, 3.63) is 24.3 Å². The number of amides is 2. The van der Waals surface area contributed by atoms with Gasteiger partial charge in [-0.05, 0) is 18.6 Å². The van der Waals surface area contributed by atoms with E-state index in [9.17, 15) is 14.4 Å². The second-order valence-corrected chi connectivity index (χ2v) is 6.13. The second-order valence-electron chi connectivity index (χ2n) is 6.13. The number of rotatable bonds is 5. The van der Waals surface area contributed by atoms with Crippen LogP contribution in [0.3, 0.4) is 0 Å². The van der Waals surface area contributed by atoms with Crippen LogP contribution in [-0.4, -0.2) is 66.7 Å². The molecule has 0 aromatic heterocycles. The summed E-state index contributed by atoms with van der Waals surface area (Å²) in [6.45, 7) is 0.0583. The van der Waals surface area contributed by atoms with Gasteiger partial charge in [-0.15, -0.1) is 0 Å². The minimum atomic E-state index is -0.965. The molecule has 0 spiro atoms. The molecule has 2 unspecified atom stereocenters. The van der Waals surface area contributed by atoms with Crippen molar-refractivity contribution in [2.45, 2.75) is 25.0 Å². The summed E-state index contributed by atoms with van der Waals surface area (Å²) in [6.07, 6.45) is 0.141. The first kappa shape index (κ1) is 17.2. The molecule has 8 heteroatoms. The van der Waals surface area contributed by atoms with Crippen molar-refractivity contribution in [3.63, 3.8) is 0 Å². The summed E-state index contributed by atoms with van der Waals surface area (Å²) in [4.78, 5) is 38.9. The molecule has 0 aliphatic carbocycles. The number of para-hydroxylation sites is 2. The van der Waals surface area contributed by atoms with Gasteiger partial charge in [0.1, 0.15) is 12.3 Å². The first-order valence-corrected chi connectivity index (χ1v) is 8.06. The number of anilines is 1. The number of aliphatic carboxylic acids is 1. The minimum absolute atomic E-state index is 0.121. The van der Waals surface area contributed by atoms with Crippen molar-refractivity contribution in [3.8, 4) is 5.75 Å². The highest BCUT2D eigenvalue weighted by molar-refractivity contribution is 6.02. The Labute approximate surface area is 144 Å². The zero-order valence-electron chi connectivity index (χ0n) is 13.9. The molecule has 1 aromatic rings. The summed E-state index contributed by atoms with van der Waals surface area (Å²) in [7, 11) is 1.54. The van der Waals surface area contributed by atoms with E-state index in [-0.39, 0.29) is 37.5 Å². The highest BCUT2D eigenvalue weighted by Crippen LogP contribution is 2.32. The molecule has 1 fully saturated rings. The summed E-state index contributed by atoms with van der Waals surface area (Å²) >= 11 is 0. The largest absolute Gasteiger partial charge is 0.482 e. The molecule has 2 aliphatic rings. The maximum Gasteiger partial charge on any atom is 0.305 e. The Morgan fingerprint density at radius 1 is 1.36 bits per heavy atom. The van der Waals surface area contributed by atoms with Gasteiger partial charge in [0, 0.05) is 19.7 Å². The van der Waals surface area contributed by atoms with Gasteiger partial charge in [-0.1, -0.05) is 12.1 Å². The first-order chi connectivity index (χ1) is 12.0. The van der Waals surface area contributed by atoms with Crippen molar-refractivity contribution in [2.24, 2.45) is 0 Å². The zero-order valence-corrected chi connectivity index (χ0v) is 13.9. The molecule has 2 heterocycles. The SMILES string of the molecule is COC1CC(CC(=O)O)N(C(=O)CN2C(=O)COc3ccccc32)C1. The molecule has 1 saturated heterocycles. The standard InChI is InChI=1S/C17H20N2O6/c1-24-12-6-11(7-17(22)23)18(8-12)15(20)9-19-13-4-2-3-5-14(13)25-10-16(19)21/h2-5,11-12H,6-10H2,1H3,(H,22,23). The van der Waals surface area contributed by atoms with E-state index in [4.69, 9.17) is 14.6 Å². The Bertz CT molecular complexity index is 691. The van der Waals surface area contributed by atoms with E-state index in [1.807, 2.05) is 0 Å². The van der Waals surface area contributed by atoms with E-state index in [1.165, 1.54) is 16.9 Å². The fourth-order valence-corrected chi connectivity index (χ4v) is 3.30. The normalized spacial score (nSPS) is 22.5. The van der Waals surface area contributed by atoms with Crippen LogP contribution in [0.1, 0.15) is 12.8 Å². The summed E-state index contributed by atoms with van der Waals surface area (Å²) in [6, 6.07) is 6.59. The molecule has 1 aromatic carbocycles. The van der Waals surface area contributed by atoms with Crippen LogP contribution in [0.2, 0.25) is 0 Å². The topological polar surface area (TPSA) is 96.4 Å². The van der Waals surface area contributed by atoms with E-state index < -0.39 is 12.0 Å². The lowest BCUT2D eigenvalue weighted by Gasteiger charge is -2.31. The molecule has 134 valence electrons. The van der Waals surface area contributed by atoms with E-state index in [0.29, 0.717) is 24.4 Å². The van der Waals surface area contributed by atoms with Crippen LogP contribution < -0.4 is 9.64 Å². The predicted octanol–water partition coefficient (Wildman–Crippen LogP) is 0.503. The Hall–Kier alpha value is -2.61. The molecule has 0 bridgehead atoms. The van der Waals surface area contributed by atoms with Gasteiger partial charge >= 0.3 is 5.97 Å². The van der Waals surface area contributed by atoms with E-state index in [0.717, 1.165) is 0 Å². The number of fused-ring (bicyclic) bond motifs is 1. The number of hydrogen-bond acceptors (Lipinski definition) is 5. The summed E-state index contributed by atoms with van der Waals surface area (Å²) in [5, 5.41) is 9.07. The highest BCUT2D eigenvalue weighted by atomic mass is 16.5. The third-order valence-electron chi connectivity index (χ3n) is 4.54. The average molecular weight is 348 g/mol.